The molecular weight excluding hydrogens is 252 g/mol. The maximum atomic E-state index is 12.0. The molecule has 0 unspecified atom stereocenters. The number of amides is 1. The first-order chi connectivity index (χ1) is 9.74. The molecule has 5 nitrogen and oxygen atoms in total. The highest BCUT2D eigenvalue weighted by Gasteiger charge is 2.13. The first kappa shape index (κ1) is 12.7. The van der Waals surface area contributed by atoms with Gasteiger partial charge in [0.05, 0.1) is 6.20 Å². The summed E-state index contributed by atoms with van der Waals surface area (Å²) in [6, 6.07) is 8.00. The third kappa shape index (κ3) is 2.52. The predicted octanol–water partition coefficient (Wildman–Crippen LogP) is 2.57. The van der Waals surface area contributed by atoms with Crippen molar-refractivity contribution in [1.82, 2.24) is 10.2 Å². The van der Waals surface area contributed by atoms with E-state index in [1.54, 1.807) is 6.20 Å². The molecule has 1 fully saturated rings. The molecule has 2 heterocycles. The highest BCUT2D eigenvalue weighted by molar-refractivity contribution is 6.03. The molecule has 20 heavy (non-hydrogen) atoms. The van der Waals surface area contributed by atoms with E-state index in [-0.39, 0.29) is 5.91 Å². The van der Waals surface area contributed by atoms with E-state index in [0.717, 1.165) is 24.3 Å². The molecule has 3 rings (SSSR count). The van der Waals surface area contributed by atoms with E-state index in [9.17, 15) is 4.79 Å². The monoisotopic (exact) mass is 270 g/mol. The number of rotatable bonds is 3. The summed E-state index contributed by atoms with van der Waals surface area (Å²) in [5.74, 6) is -0.158. The first-order valence-corrected chi connectivity index (χ1v) is 6.90. The Morgan fingerprint density at radius 1 is 1.25 bits per heavy atom. The molecule has 0 radical (unpaired) electrons. The number of nitrogens with zero attached hydrogens (tertiary/aromatic N) is 2. The molecule has 1 aromatic carbocycles. The highest BCUT2D eigenvalue weighted by Crippen LogP contribution is 2.22. The average Bonchev–Trinajstić information content (AvgIpc) is 3.10. The van der Waals surface area contributed by atoms with Crippen LogP contribution in [0.15, 0.2) is 30.5 Å². The van der Waals surface area contributed by atoms with Gasteiger partial charge in [-0.25, -0.2) is 0 Å². The third-order valence-electron chi connectivity index (χ3n) is 3.65. The van der Waals surface area contributed by atoms with Gasteiger partial charge in [0.15, 0.2) is 0 Å². The summed E-state index contributed by atoms with van der Waals surface area (Å²) in [4.78, 5) is 14.4. The van der Waals surface area contributed by atoms with Crippen molar-refractivity contribution in [3.05, 3.63) is 41.7 Å². The number of H-pyrrole nitrogens is 1. The Labute approximate surface area is 118 Å². The molecule has 2 aromatic rings. The molecule has 1 aliphatic rings. The zero-order valence-electron chi connectivity index (χ0n) is 11.5. The molecule has 1 aromatic heterocycles. The van der Waals surface area contributed by atoms with Gasteiger partial charge in [0.1, 0.15) is 5.69 Å². The Morgan fingerprint density at radius 3 is 2.55 bits per heavy atom. The summed E-state index contributed by atoms with van der Waals surface area (Å²) in [6.07, 6.45) is 4.17. The average molecular weight is 270 g/mol. The molecule has 1 aliphatic heterocycles. The topological polar surface area (TPSA) is 61.0 Å². The van der Waals surface area contributed by atoms with Crippen molar-refractivity contribution in [2.24, 2.45) is 0 Å². The Balaban J connectivity index is 1.69. The Bertz CT molecular complexity index is 597. The fourth-order valence-electron chi connectivity index (χ4n) is 2.50. The van der Waals surface area contributed by atoms with E-state index in [1.165, 1.54) is 18.5 Å². The highest BCUT2D eigenvalue weighted by atomic mass is 16.1. The smallest absolute Gasteiger partial charge is 0.273 e. The summed E-state index contributed by atoms with van der Waals surface area (Å²) in [6.45, 7) is 4.10. The normalized spacial score (nSPS) is 14.6. The van der Waals surface area contributed by atoms with Crippen LogP contribution in [0.3, 0.4) is 0 Å². The largest absolute Gasteiger partial charge is 0.372 e. The third-order valence-corrected chi connectivity index (χ3v) is 3.65. The number of aryl methyl sites for hydroxylation is 1. The van der Waals surface area contributed by atoms with Crippen molar-refractivity contribution in [3.63, 3.8) is 0 Å². The summed E-state index contributed by atoms with van der Waals surface area (Å²) in [5.41, 5.74) is 3.37. The summed E-state index contributed by atoms with van der Waals surface area (Å²) in [7, 11) is 0. The molecule has 0 spiro atoms. The number of anilines is 2. The van der Waals surface area contributed by atoms with Gasteiger partial charge in [0, 0.05) is 24.5 Å². The molecule has 1 saturated heterocycles. The minimum atomic E-state index is -0.158. The van der Waals surface area contributed by atoms with E-state index in [4.69, 9.17) is 0 Å². The molecule has 104 valence electrons. The summed E-state index contributed by atoms with van der Waals surface area (Å²) >= 11 is 0. The Kier molecular flexibility index (Phi) is 3.41. The lowest BCUT2D eigenvalue weighted by atomic mass is 10.2. The number of carbonyl (C=O) groups is 1. The molecule has 0 bridgehead atoms. The number of aromatic amines is 1. The van der Waals surface area contributed by atoms with Gasteiger partial charge in [-0.3, -0.25) is 9.89 Å². The van der Waals surface area contributed by atoms with Crippen molar-refractivity contribution in [3.8, 4) is 0 Å². The molecule has 5 heteroatoms. The number of benzene rings is 1. The molecule has 1 amide bonds. The molecule has 2 N–H and O–H groups in total. The number of aromatic nitrogens is 2. The van der Waals surface area contributed by atoms with Gasteiger partial charge in [0.2, 0.25) is 0 Å². The van der Waals surface area contributed by atoms with Gasteiger partial charge in [-0.05, 0) is 49.6 Å². The number of nitrogens with one attached hydrogen (secondary N) is 2. The minimum absolute atomic E-state index is 0.158. The van der Waals surface area contributed by atoms with E-state index >= 15 is 0 Å². The molecule has 0 saturated carbocycles. The Morgan fingerprint density at radius 2 is 1.95 bits per heavy atom. The van der Waals surface area contributed by atoms with Gasteiger partial charge in [-0.2, -0.15) is 5.10 Å². The maximum absolute atomic E-state index is 12.0. The maximum Gasteiger partial charge on any atom is 0.273 e. The lowest BCUT2D eigenvalue weighted by Crippen LogP contribution is -2.17. The first-order valence-electron chi connectivity index (χ1n) is 6.90. The van der Waals surface area contributed by atoms with Crippen LogP contribution in [0.1, 0.15) is 28.9 Å². The molecular formula is C15H18N4O. The second-order valence-electron chi connectivity index (χ2n) is 5.12. The summed E-state index contributed by atoms with van der Waals surface area (Å²) < 4.78 is 0. The van der Waals surface area contributed by atoms with Crippen LogP contribution in [0.4, 0.5) is 11.4 Å². The van der Waals surface area contributed by atoms with Crippen LogP contribution in [-0.2, 0) is 0 Å². The van der Waals surface area contributed by atoms with Crippen LogP contribution >= 0.6 is 0 Å². The van der Waals surface area contributed by atoms with E-state index < -0.39 is 0 Å². The molecule has 0 atom stereocenters. The summed E-state index contributed by atoms with van der Waals surface area (Å²) in [5, 5.41) is 9.44. The fraction of sp³-hybridized carbons (Fsp3) is 0.333. The predicted molar refractivity (Wildman–Crippen MR) is 79.2 cm³/mol. The number of carbonyl (C=O) groups excluding carboxylic acids is 1. The van der Waals surface area contributed by atoms with E-state index in [1.807, 2.05) is 19.1 Å². The van der Waals surface area contributed by atoms with E-state index in [0.29, 0.717) is 5.69 Å². The van der Waals surface area contributed by atoms with Crippen LogP contribution in [0, 0.1) is 6.92 Å². The van der Waals surface area contributed by atoms with E-state index in [2.05, 4.69) is 32.5 Å². The SMILES string of the molecule is Cc1cn[nH]c1C(=O)Nc1ccc(N2CCCC2)cc1. The Hall–Kier alpha value is -2.30. The zero-order valence-corrected chi connectivity index (χ0v) is 11.5. The molecule has 0 aliphatic carbocycles. The van der Waals surface area contributed by atoms with Gasteiger partial charge >= 0.3 is 0 Å². The standard InChI is InChI=1S/C15H18N4O/c1-11-10-16-18-14(11)15(20)17-12-4-6-13(7-5-12)19-8-2-3-9-19/h4-7,10H,2-3,8-9H2,1H3,(H,16,18)(H,17,20). The quantitative estimate of drug-likeness (QED) is 0.901. The van der Waals surface area contributed by atoms with Crippen LogP contribution in [0.25, 0.3) is 0 Å². The van der Waals surface area contributed by atoms with Crippen molar-refractivity contribution in [1.29, 1.82) is 0 Å². The lowest BCUT2D eigenvalue weighted by Gasteiger charge is -2.17. The van der Waals surface area contributed by atoms with Gasteiger partial charge in [0.25, 0.3) is 5.91 Å². The van der Waals surface area contributed by atoms with Crippen LogP contribution < -0.4 is 10.2 Å². The van der Waals surface area contributed by atoms with Crippen LogP contribution in [-0.4, -0.2) is 29.2 Å². The van der Waals surface area contributed by atoms with Crippen molar-refractivity contribution < 1.29 is 4.79 Å². The van der Waals surface area contributed by atoms with Crippen LogP contribution in [0.5, 0.6) is 0 Å². The van der Waals surface area contributed by atoms with Crippen molar-refractivity contribution in [2.75, 3.05) is 23.3 Å². The zero-order chi connectivity index (χ0) is 13.9. The van der Waals surface area contributed by atoms with Crippen LogP contribution in [0.2, 0.25) is 0 Å². The number of hydrogen-bond acceptors (Lipinski definition) is 3. The van der Waals surface area contributed by atoms with Gasteiger partial charge in [-0.1, -0.05) is 0 Å². The van der Waals surface area contributed by atoms with Gasteiger partial charge in [-0.15, -0.1) is 0 Å². The van der Waals surface area contributed by atoms with Crippen molar-refractivity contribution >= 4 is 17.3 Å². The number of hydrogen-bond donors (Lipinski definition) is 2. The second-order valence-corrected chi connectivity index (χ2v) is 5.12. The fourth-order valence-corrected chi connectivity index (χ4v) is 2.50. The van der Waals surface area contributed by atoms with Gasteiger partial charge < -0.3 is 10.2 Å². The van der Waals surface area contributed by atoms with Crippen molar-refractivity contribution in [2.45, 2.75) is 19.8 Å². The minimum Gasteiger partial charge on any atom is -0.372 e. The second kappa shape index (κ2) is 5.36. The lowest BCUT2D eigenvalue weighted by molar-refractivity contribution is 0.102.